The van der Waals surface area contributed by atoms with Gasteiger partial charge in [-0.1, -0.05) is 30.3 Å². The molecule has 1 heterocycles. The third kappa shape index (κ3) is 2.26. The predicted octanol–water partition coefficient (Wildman–Crippen LogP) is 3.05. The molecule has 84 valence electrons. The van der Waals surface area contributed by atoms with E-state index in [4.69, 9.17) is 10.7 Å². The van der Waals surface area contributed by atoms with Gasteiger partial charge in [-0.3, -0.25) is 0 Å². The van der Waals surface area contributed by atoms with Crippen molar-refractivity contribution in [3.63, 3.8) is 0 Å². The smallest absolute Gasteiger partial charge is 0.224 e. The molecule has 1 aromatic heterocycles. The van der Waals surface area contributed by atoms with Crippen molar-refractivity contribution in [2.24, 2.45) is 0 Å². The van der Waals surface area contributed by atoms with Crippen molar-refractivity contribution in [3.05, 3.63) is 35.2 Å². The Labute approximate surface area is 102 Å². The fraction of sp³-hybridized carbons (Fsp3) is 0.100. The average Bonchev–Trinajstić information content (AvgIpc) is 2.61. The van der Waals surface area contributed by atoms with Crippen LogP contribution >= 0.6 is 22.0 Å². The fourth-order valence-corrected chi connectivity index (χ4v) is 3.36. The summed E-state index contributed by atoms with van der Waals surface area (Å²) in [6.07, 6.45) is 0. The number of nitrogens with zero attached hydrogens (tertiary/aromatic N) is 1. The molecule has 0 atom stereocenters. The van der Waals surface area contributed by atoms with Gasteiger partial charge in [0.15, 0.2) is 0 Å². The summed E-state index contributed by atoms with van der Waals surface area (Å²) in [5.74, 6) is 0. The number of thiazole rings is 1. The number of aromatic nitrogens is 1. The lowest BCUT2D eigenvalue weighted by Gasteiger charge is -1.96. The molecule has 0 unspecified atom stereocenters. The van der Waals surface area contributed by atoms with E-state index in [2.05, 4.69) is 4.98 Å². The van der Waals surface area contributed by atoms with Crippen LogP contribution in [0.1, 0.15) is 4.88 Å². The summed E-state index contributed by atoms with van der Waals surface area (Å²) in [5.41, 5.74) is 1.56. The van der Waals surface area contributed by atoms with Gasteiger partial charge in [0.05, 0.1) is 5.69 Å². The first-order valence-corrected chi connectivity index (χ1v) is 7.58. The predicted molar refractivity (Wildman–Crippen MR) is 65.3 cm³/mol. The molecule has 0 saturated carbocycles. The third-order valence-electron chi connectivity index (χ3n) is 2.03. The molecule has 0 saturated heterocycles. The number of benzene rings is 1. The summed E-state index contributed by atoms with van der Waals surface area (Å²) in [7, 11) is 1.52. The number of rotatable bonds is 2. The van der Waals surface area contributed by atoms with Crippen LogP contribution in [-0.4, -0.2) is 13.4 Å². The normalized spacial score (nSPS) is 11.6. The number of halogens is 1. The van der Waals surface area contributed by atoms with Gasteiger partial charge in [0.25, 0.3) is 9.05 Å². The molecule has 0 aliphatic rings. The zero-order chi connectivity index (χ0) is 11.8. The maximum absolute atomic E-state index is 11.1. The standard InChI is InChI=1S/C10H8ClNO2S2/c1-7-9(8-5-3-2-4-6-8)12-10(15-7)16(11,13)14/h2-6H,1H3. The SMILES string of the molecule is Cc1sc(S(=O)(=O)Cl)nc1-c1ccccc1. The summed E-state index contributed by atoms with van der Waals surface area (Å²) in [4.78, 5) is 4.89. The number of aryl methyl sites for hydroxylation is 1. The summed E-state index contributed by atoms with van der Waals surface area (Å²) in [6, 6.07) is 9.41. The lowest BCUT2D eigenvalue weighted by atomic mass is 10.1. The summed E-state index contributed by atoms with van der Waals surface area (Å²) < 4.78 is 22.2. The maximum atomic E-state index is 11.1. The lowest BCUT2D eigenvalue weighted by molar-refractivity contribution is 0.609. The fourth-order valence-electron chi connectivity index (χ4n) is 1.34. The molecule has 0 amide bonds. The van der Waals surface area contributed by atoms with Crippen LogP contribution in [-0.2, 0) is 9.05 Å². The highest BCUT2D eigenvalue weighted by Gasteiger charge is 2.18. The van der Waals surface area contributed by atoms with Crippen LogP contribution in [0.5, 0.6) is 0 Å². The Kier molecular flexibility index (Phi) is 3.01. The van der Waals surface area contributed by atoms with Crippen LogP contribution in [0.15, 0.2) is 34.7 Å². The first-order valence-electron chi connectivity index (χ1n) is 4.46. The number of hydrogen-bond acceptors (Lipinski definition) is 4. The quantitative estimate of drug-likeness (QED) is 0.790. The van der Waals surface area contributed by atoms with Gasteiger partial charge in [0.2, 0.25) is 4.34 Å². The molecule has 0 aliphatic carbocycles. The van der Waals surface area contributed by atoms with E-state index in [9.17, 15) is 8.42 Å². The summed E-state index contributed by atoms with van der Waals surface area (Å²) in [6.45, 7) is 1.82. The van der Waals surface area contributed by atoms with E-state index in [1.54, 1.807) is 0 Å². The van der Waals surface area contributed by atoms with Gasteiger partial charge >= 0.3 is 0 Å². The van der Waals surface area contributed by atoms with E-state index in [0.717, 1.165) is 21.8 Å². The molecule has 2 rings (SSSR count). The van der Waals surface area contributed by atoms with Crippen LogP contribution < -0.4 is 0 Å². The molecule has 0 bridgehead atoms. The summed E-state index contributed by atoms with van der Waals surface area (Å²) >= 11 is 1.09. The molecule has 0 N–H and O–H groups in total. The van der Waals surface area contributed by atoms with Crippen molar-refractivity contribution >= 4 is 31.1 Å². The van der Waals surface area contributed by atoms with E-state index >= 15 is 0 Å². The highest BCUT2D eigenvalue weighted by Crippen LogP contribution is 2.30. The van der Waals surface area contributed by atoms with Gasteiger partial charge in [0, 0.05) is 21.1 Å². The van der Waals surface area contributed by atoms with Gasteiger partial charge in [0.1, 0.15) is 0 Å². The van der Waals surface area contributed by atoms with Gasteiger partial charge in [-0.05, 0) is 6.92 Å². The molecule has 2 aromatic rings. The molecule has 1 aromatic carbocycles. The zero-order valence-corrected chi connectivity index (χ0v) is 10.7. The van der Waals surface area contributed by atoms with Gasteiger partial charge in [-0.25, -0.2) is 13.4 Å². The monoisotopic (exact) mass is 273 g/mol. The lowest BCUT2D eigenvalue weighted by Crippen LogP contribution is -1.88. The highest BCUT2D eigenvalue weighted by molar-refractivity contribution is 8.14. The molecule has 0 spiro atoms. The maximum Gasteiger partial charge on any atom is 0.288 e. The Morgan fingerprint density at radius 2 is 1.88 bits per heavy atom. The second kappa shape index (κ2) is 4.16. The Bertz CT molecular complexity index is 605. The van der Waals surface area contributed by atoms with Crippen LogP contribution in [0.2, 0.25) is 0 Å². The van der Waals surface area contributed by atoms with Crippen molar-refractivity contribution in [3.8, 4) is 11.3 Å². The van der Waals surface area contributed by atoms with E-state index in [0.29, 0.717) is 5.69 Å². The molecule has 16 heavy (non-hydrogen) atoms. The van der Waals surface area contributed by atoms with E-state index in [1.807, 2.05) is 37.3 Å². The Balaban J connectivity index is 2.57. The van der Waals surface area contributed by atoms with Gasteiger partial charge in [-0.15, -0.1) is 11.3 Å². The first-order chi connectivity index (χ1) is 7.48. The molecular formula is C10H8ClNO2S2. The molecule has 3 nitrogen and oxygen atoms in total. The molecule has 6 heteroatoms. The molecule has 0 radical (unpaired) electrons. The highest BCUT2D eigenvalue weighted by atomic mass is 35.7. The van der Waals surface area contributed by atoms with Crippen molar-refractivity contribution in [1.29, 1.82) is 0 Å². The zero-order valence-electron chi connectivity index (χ0n) is 8.34. The third-order valence-corrected chi connectivity index (χ3v) is 4.93. The van der Waals surface area contributed by atoms with Crippen LogP contribution in [0.25, 0.3) is 11.3 Å². The van der Waals surface area contributed by atoms with Crippen molar-refractivity contribution in [2.75, 3.05) is 0 Å². The summed E-state index contributed by atoms with van der Waals surface area (Å²) in [5, 5.41) is 0. The van der Waals surface area contributed by atoms with Crippen LogP contribution in [0, 0.1) is 6.92 Å². The Morgan fingerprint density at radius 3 is 2.38 bits per heavy atom. The van der Waals surface area contributed by atoms with E-state index < -0.39 is 9.05 Å². The average molecular weight is 274 g/mol. The van der Waals surface area contributed by atoms with Crippen molar-refractivity contribution < 1.29 is 8.42 Å². The number of hydrogen-bond donors (Lipinski definition) is 0. The Morgan fingerprint density at radius 1 is 1.25 bits per heavy atom. The largest absolute Gasteiger partial charge is 0.288 e. The van der Waals surface area contributed by atoms with Crippen molar-refractivity contribution in [1.82, 2.24) is 4.98 Å². The van der Waals surface area contributed by atoms with Crippen LogP contribution in [0.4, 0.5) is 0 Å². The van der Waals surface area contributed by atoms with E-state index in [1.165, 1.54) is 0 Å². The van der Waals surface area contributed by atoms with Gasteiger partial charge < -0.3 is 0 Å². The molecule has 0 aliphatic heterocycles. The minimum Gasteiger partial charge on any atom is -0.224 e. The minimum absolute atomic E-state index is 0.0504. The van der Waals surface area contributed by atoms with Crippen LogP contribution in [0.3, 0.4) is 0 Å². The topological polar surface area (TPSA) is 47.0 Å². The molecular weight excluding hydrogens is 266 g/mol. The Hall–Kier alpha value is -0.910. The second-order valence-electron chi connectivity index (χ2n) is 3.19. The minimum atomic E-state index is -3.73. The van der Waals surface area contributed by atoms with E-state index in [-0.39, 0.29) is 4.34 Å². The molecule has 0 fully saturated rings. The first kappa shape index (κ1) is 11.6. The van der Waals surface area contributed by atoms with Crippen molar-refractivity contribution in [2.45, 2.75) is 11.3 Å². The van der Waals surface area contributed by atoms with Gasteiger partial charge in [-0.2, -0.15) is 0 Å². The second-order valence-corrected chi connectivity index (χ2v) is 7.13.